The lowest BCUT2D eigenvalue weighted by Gasteiger charge is -2.47. The van der Waals surface area contributed by atoms with Crippen molar-refractivity contribution in [3.63, 3.8) is 0 Å². The highest BCUT2D eigenvalue weighted by molar-refractivity contribution is 7.90. The summed E-state index contributed by atoms with van der Waals surface area (Å²) in [7, 11) is -2.27. The number of allylic oxidation sites excluding steroid dienone is 2. The lowest BCUT2D eigenvalue weighted by Crippen LogP contribution is -2.52. The summed E-state index contributed by atoms with van der Waals surface area (Å²) in [4.78, 5) is 29.9. The Hall–Kier alpha value is -4.35. The zero-order chi connectivity index (χ0) is 41.4. The van der Waals surface area contributed by atoms with Crippen LogP contribution in [0.4, 0.5) is 0 Å². The van der Waals surface area contributed by atoms with E-state index in [1.807, 2.05) is 47.4 Å². The predicted molar refractivity (Wildman–Crippen MR) is 213 cm³/mol. The number of likely N-dealkylation sites (tertiary alicyclic amines) is 1. The summed E-state index contributed by atoms with van der Waals surface area (Å²) in [6.07, 6.45) is 10.7. The van der Waals surface area contributed by atoms with E-state index in [0.29, 0.717) is 37.2 Å². The van der Waals surface area contributed by atoms with E-state index < -0.39 is 51.0 Å². The first-order valence-electron chi connectivity index (χ1n) is 18.4. The first-order chi connectivity index (χ1) is 27.0. The molecule has 16 heteroatoms. The van der Waals surface area contributed by atoms with Gasteiger partial charge in [0, 0.05) is 80.5 Å². The smallest absolute Gasteiger partial charge is 0.339 e. The van der Waals surface area contributed by atoms with Crippen LogP contribution in [0, 0.1) is 5.41 Å². The average molecular weight is 828 g/mol. The number of carbonyl (C=O) groups excluding carboxylic acids is 1. The summed E-state index contributed by atoms with van der Waals surface area (Å²) in [5.74, 6) is -1.37. The zero-order valence-corrected chi connectivity index (χ0v) is 34.0. The minimum Gasteiger partial charge on any atom is -0.488 e. The van der Waals surface area contributed by atoms with Gasteiger partial charge in [-0.1, -0.05) is 67.9 Å². The first-order valence-corrected chi connectivity index (χ1v) is 20.7. The third-order valence-electron chi connectivity index (χ3n) is 10.5. The normalized spacial score (nSPS) is 21.1. The van der Waals surface area contributed by atoms with E-state index in [1.54, 1.807) is 12.1 Å². The van der Waals surface area contributed by atoms with Crippen LogP contribution >= 0.6 is 11.6 Å². The molecule has 0 spiro atoms. The van der Waals surface area contributed by atoms with Crippen molar-refractivity contribution in [1.82, 2.24) is 15.2 Å². The van der Waals surface area contributed by atoms with Crippen LogP contribution in [0.15, 0.2) is 84.0 Å². The minimum atomic E-state index is -3.53. The molecule has 3 atom stereocenters. The molecule has 1 fully saturated rings. The molecule has 2 aliphatic rings. The number of aliphatic hydroxyl groups is 2. The number of nitrogens with one attached hydrogen (secondary N) is 1. The van der Waals surface area contributed by atoms with Gasteiger partial charge in [0.2, 0.25) is 0 Å². The van der Waals surface area contributed by atoms with E-state index >= 15 is 0 Å². The van der Waals surface area contributed by atoms with E-state index in [2.05, 4.69) is 30.2 Å². The summed E-state index contributed by atoms with van der Waals surface area (Å²) >= 11 is 6.84. The Labute approximate surface area is 338 Å². The fraction of sp³-hybridized carbons (Fsp3) is 0.439. The molecular formula is C41H50ClN3O11S. The lowest BCUT2D eigenvalue weighted by atomic mass is 9.65. The Morgan fingerprint density at radius 1 is 1.09 bits per heavy atom. The molecule has 0 amide bonds. The van der Waals surface area contributed by atoms with Crippen LogP contribution in [-0.4, -0.2) is 116 Å². The lowest BCUT2D eigenvalue weighted by molar-refractivity contribution is -0.160. The van der Waals surface area contributed by atoms with Crippen molar-refractivity contribution in [3.8, 4) is 11.5 Å². The number of pyridine rings is 1. The van der Waals surface area contributed by atoms with Gasteiger partial charge in [0.05, 0.1) is 23.6 Å². The predicted octanol–water partition coefficient (Wildman–Crippen LogP) is 4.07. The van der Waals surface area contributed by atoms with E-state index in [1.165, 1.54) is 25.6 Å². The molecule has 3 aromatic rings. The molecular weight excluding hydrogens is 778 g/mol. The highest BCUT2D eigenvalue weighted by atomic mass is 35.5. The number of aliphatic carboxylic acids is 1. The third kappa shape index (κ3) is 10.4. The molecule has 2 heterocycles. The van der Waals surface area contributed by atoms with Crippen molar-refractivity contribution in [2.45, 2.75) is 62.0 Å². The fourth-order valence-electron chi connectivity index (χ4n) is 6.99. The molecule has 57 heavy (non-hydrogen) atoms. The number of carboxylic acid groups (broad SMARTS) is 1. The van der Waals surface area contributed by atoms with Gasteiger partial charge in [-0.05, 0) is 35.8 Å². The van der Waals surface area contributed by atoms with Crippen molar-refractivity contribution in [3.05, 3.63) is 101 Å². The largest absolute Gasteiger partial charge is 0.488 e. The number of hydrogen-bond acceptors (Lipinski definition) is 13. The fourth-order valence-corrected chi connectivity index (χ4v) is 7.85. The number of halogens is 1. The molecule has 308 valence electrons. The molecule has 14 nitrogen and oxygen atoms in total. The van der Waals surface area contributed by atoms with Crippen molar-refractivity contribution >= 4 is 38.9 Å². The van der Waals surface area contributed by atoms with Crippen LogP contribution in [-0.2, 0) is 42.1 Å². The minimum absolute atomic E-state index is 0.00909. The maximum Gasteiger partial charge on any atom is 0.339 e. The second kappa shape index (κ2) is 18.5. The number of aliphatic hydroxyl groups excluding tert-OH is 1. The van der Waals surface area contributed by atoms with Gasteiger partial charge < -0.3 is 34.3 Å². The van der Waals surface area contributed by atoms with Crippen molar-refractivity contribution in [1.29, 1.82) is 0 Å². The maximum absolute atomic E-state index is 12.2. The number of carboxylic acids is 1. The van der Waals surface area contributed by atoms with Crippen molar-refractivity contribution in [2.24, 2.45) is 5.41 Å². The van der Waals surface area contributed by atoms with Crippen LogP contribution in [0.2, 0.25) is 5.02 Å². The number of β-amino-alcohol motifs (C(OH)–C–C–N with tert-alkyl or cyclic N) is 1. The van der Waals surface area contributed by atoms with Gasteiger partial charge >= 0.3 is 11.9 Å². The second-order valence-electron chi connectivity index (χ2n) is 14.8. The van der Waals surface area contributed by atoms with Crippen LogP contribution in [0.5, 0.6) is 11.5 Å². The molecule has 1 aliphatic carbocycles. The molecule has 2 aromatic carbocycles. The van der Waals surface area contributed by atoms with Gasteiger partial charge in [0.1, 0.15) is 36.4 Å². The van der Waals surface area contributed by atoms with Crippen LogP contribution in [0.1, 0.15) is 43.4 Å². The molecule has 0 radical (unpaired) electrons. The SMILES string of the molecule is COC(=O)C1(O)CCN(CCCOC2(COc3cc(OCc4cncc(S(C)(=O)=O)c4)c(CNC(CO)C(=O)O)cc3Cl)C=CC=C(c3ccccc3)C2(C)C)C1. The number of aromatic nitrogens is 1. The van der Waals surface area contributed by atoms with Gasteiger partial charge in [0.25, 0.3) is 0 Å². The standard InChI is InChI=1S/C41H50ClN3O11S/c1-39(2)32(29-10-6-5-7-11-29)12-8-13-41(39,56-17-9-15-45-16-14-40(50,26-45)38(49)53-3)27-55-36-20-35(30(19-33(36)42)22-44-34(24-46)37(47)48)54-25-28-18-31(23-43-21-28)57(4,51)52/h5-8,10-13,18-21,23,34,44,46,50H,9,14-17,22,24-27H2,1-4H3,(H,47,48). The summed E-state index contributed by atoms with van der Waals surface area (Å²) in [6, 6.07) is 13.3. The number of rotatable bonds is 19. The van der Waals surface area contributed by atoms with Crippen molar-refractivity contribution in [2.75, 3.05) is 52.8 Å². The maximum atomic E-state index is 12.2. The Morgan fingerprint density at radius 3 is 2.53 bits per heavy atom. The molecule has 4 N–H and O–H groups in total. The van der Waals surface area contributed by atoms with Crippen LogP contribution in [0.25, 0.3) is 5.57 Å². The van der Waals surface area contributed by atoms with Gasteiger partial charge in [-0.15, -0.1) is 0 Å². The van der Waals surface area contributed by atoms with Gasteiger partial charge in [-0.3, -0.25) is 20.0 Å². The Kier molecular flexibility index (Phi) is 14.2. The number of hydrogen-bond donors (Lipinski definition) is 4. The van der Waals surface area contributed by atoms with Crippen LogP contribution < -0.4 is 14.8 Å². The highest BCUT2D eigenvalue weighted by Crippen LogP contribution is 2.49. The number of sulfone groups is 1. The number of carbonyl (C=O) groups is 2. The molecule has 0 saturated carbocycles. The van der Waals surface area contributed by atoms with E-state index in [4.69, 9.17) is 30.5 Å². The zero-order valence-electron chi connectivity index (χ0n) is 32.4. The summed E-state index contributed by atoms with van der Waals surface area (Å²) < 4.78 is 48.7. The molecule has 1 aliphatic heterocycles. The molecule has 5 rings (SSSR count). The number of nitrogens with zero attached hydrogens (tertiary/aromatic N) is 2. The summed E-state index contributed by atoms with van der Waals surface area (Å²) in [5.41, 5.74) is -0.238. The quantitative estimate of drug-likeness (QED) is 0.0999. The van der Waals surface area contributed by atoms with E-state index in [-0.39, 0.29) is 54.1 Å². The number of ether oxygens (including phenoxy) is 4. The first kappa shape index (κ1) is 43.8. The van der Waals surface area contributed by atoms with E-state index in [0.717, 1.165) is 17.4 Å². The Balaban J connectivity index is 1.41. The monoisotopic (exact) mass is 827 g/mol. The Morgan fingerprint density at radius 2 is 1.84 bits per heavy atom. The summed E-state index contributed by atoms with van der Waals surface area (Å²) in [5, 5.41) is 32.8. The number of benzene rings is 2. The molecule has 3 unspecified atom stereocenters. The molecule has 0 bridgehead atoms. The van der Waals surface area contributed by atoms with Gasteiger partial charge in [-0.25, -0.2) is 13.2 Å². The second-order valence-corrected chi connectivity index (χ2v) is 17.2. The van der Waals surface area contributed by atoms with Gasteiger partial charge in [-0.2, -0.15) is 0 Å². The molecule has 1 aromatic heterocycles. The van der Waals surface area contributed by atoms with Crippen LogP contribution in [0.3, 0.4) is 0 Å². The highest BCUT2D eigenvalue weighted by Gasteiger charge is 2.49. The third-order valence-corrected chi connectivity index (χ3v) is 11.9. The summed E-state index contributed by atoms with van der Waals surface area (Å²) in [6.45, 7) is 4.99. The number of methoxy groups -OCH3 is 1. The van der Waals surface area contributed by atoms with E-state index in [9.17, 15) is 33.3 Å². The molecule has 1 saturated heterocycles. The van der Waals surface area contributed by atoms with Gasteiger partial charge in [0.15, 0.2) is 15.4 Å². The van der Waals surface area contributed by atoms with Crippen molar-refractivity contribution < 1.29 is 52.3 Å². The Bertz CT molecular complexity index is 2080. The average Bonchev–Trinajstić information content (AvgIpc) is 3.57. The topological polar surface area (TPSA) is 194 Å². The number of esters is 1.